The van der Waals surface area contributed by atoms with Crippen LogP contribution in [-0.4, -0.2) is 21.5 Å². The molecule has 16 heavy (non-hydrogen) atoms. The minimum absolute atomic E-state index is 0.694. The van der Waals surface area contributed by atoms with E-state index in [1.165, 1.54) is 5.56 Å². The molecular weight excluding hydrogens is 200 g/mol. The van der Waals surface area contributed by atoms with Crippen LogP contribution in [0, 0.1) is 6.92 Å². The van der Waals surface area contributed by atoms with Crippen molar-refractivity contribution < 1.29 is 0 Å². The van der Waals surface area contributed by atoms with Crippen molar-refractivity contribution in [2.24, 2.45) is 5.73 Å². The van der Waals surface area contributed by atoms with Crippen molar-refractivity contribution in [1.29, 1.82) is 0 Å². The maximum absolute atomic E-state index is 5.50. The average molecular weight is 216 g/mol. The van der Waals surface area contributed by atoms with Crippen LogP contribution in [0.1, 0.15) is 17.7 Å². The number of aryl methyl sites for hydroxylation is 2. The Balaban J connectivity index is 2.26. The first-order valence-electron chi connectivity index (χ1n) is 5.48. The van der Waals surface area contributed by atoms with E-state index in [0.29, 0.717) is 6.54 Å². The van der Waals surface area contributed by atoms with Gasteiger partial charge in [0.25, 0.3) is 0 Å². The quantitative estimate of drug-likeness (QED) is 0.842. The van der Waals surface area contributed by atoms with Crippen LogP contribution in [-0.2, 0) is 6.42 Å². The van der Waals surface area contributed by atoms with Crippen LogP contribution in [0.15, 0.2) is 30.5 Å². The van der Waals surface area contributed by atoms with Crippen molar-refractivity contribution in [3.63, 3.8) is 0 Å². The van der Waals surface area contributed by atoms with Crippen molar-refractivity contribution in [3.05, 3.63) is 41.7 Å². The third-order valence-electron chi connectivity index (χ3n) is 2.54. The molecule has 0 spiro atoms. The van der Waals surface area contributed by atoms with Gasteiger partial charge in [0.15, 0.2) is 0 Å². The number of rotatable bonds is 4. The van der Waals surface area contributed by atoms with Gasteiger partial charge in [-0.1, -0.05) is 22.9 Å². The molecule has 2 N–H and O–H groups in total. The largest absolute Gasteiger partial charge is 0.330 e. The zero-order valence-electron chi connectivity index (χ0n) is 9.43. The molecule has 2 rings (SSSR count). The molecule has 0 aliphatic carbocycles. The van der Waals surface area contributed by atoms with Gasteiger partial charge >= 0.3 is 0 Å². The lowest BCUT2D eigenvalue weighted by Gasteiger charge is -2.05. The van der Waals surface area contributed by atoms with Crippen LogP contribution in [0.25, 0.3) is 5.69 Å². The standard InChI is InChI=1S/C12H16N4/c1-10-4-6-11(7-5-10)16-12(3-2-8-13)9-14-15-16/h4-7,9H,2-3,8,13H2,1H3. The molecule has 1 aromatic heterocycles. The summed E-state index contributed by atoms with van der Waals surface area (Å²) in [6.07, 6.45) is 3.67. The Morgan fingerprint density at radius 2 is 2.00 bits per heavy atom. The Morgan fingerprint density at radius 1 is 1.25 bits per heavy atom. The van der Waals surface area contributed by atoms with Crippen molar-refractivity contribution in [1.82, 2.24) is 15.0 Å². The summed E-state index contributed by atoms with van der Waals surface area (Å²) in [6, 6.07) is 8.25. The summed E-state index contributed by atoms with van der Waals surface area (Å²) in [4.78, 5) is 0. The monoisotopic (exact) mass is 216 g/mol. The topological polar surface area (TPSA) is 56.7 Å². The molecule has 0 atom stereocenters. The van der Waals surface area contributed by atoms with E-state index in [1.54, 1.807) is 6.20 Å². The number of aromatic nitrogens is 3. The second-order valence-corrected chi connectivity index (χ2v) is 3.86. The van der Waals surface area contributed by atoms with E-state index in [1.807, 2.05) is 4.68 Å². The first kappa shape index (κ1) is 10.8. The normalized spacial score (nSPS) is 10.6. The van der Waals surface area contributed by atoms with Gasteiger partial charge in [-0.25, -0.2) is 4.68 Å². The highest BCUT2D eigenvalue weighted by atomic mass is 15.4. The Hall–Kier alpha value is -1.68. The second kappa shape index (κ2) is 4.90. The zero-order chi connectivity index (χ0) is 11.4. The molecule has 2 aromatic rings. The Bertz CT molecular complexity index is 444. The molecule has 0 aliphatic rings. The SMILES string of the molecule is Cc1ccc(-n2nncc2CCCN)cc1. The van der Waals surface area contributed by atoms with Crippen LogP contribution in [0.5, 0.6) is 0 Å². The van der Waals surface area contributed by atoms with Gasteiger partial charge in [-0.3, -0.25) is 0 Å². The summed E-state index contributed by atoms with van der Waals surface area (Å²) in [7, 11) is 0. The van der Waals surface area contributed by atoms with E-state index >= 15 is 0 Å². The highest BCUT2D eigenvalue weighted by Gasteiger charge is 2.04. The van der Waals surface area contributed by atoms with Crippen LogP contribution in [0.4, 0.5) is 0 Å². The van der Waals surface area contributed by atoms with Crippen molar-refractivity contribution in [2.45, 2.75) is 19.8 Å². The van der Waals surface area contributed by atoms with E-state index in [0.717, 1.165) is 24.2 Å². The molecular formula is C12H16N4. The molecule has 0 bridgehead atoms. The van der Waals surface area contributed by atoms with Crippen molar-refractivity contribution in [2.75, 3.05) is 6.54 Å². The maximum atomic E-state index is 5.50. The Labute approximate surface area is 95.1 Å². The van der Waals surface area contributed by atoms with Gasteiger partial charge in [0.1, 0.15) is 0 Å². The van der Waals surface area contributed by atoms with Crippen LogP contribution < -0.4 is 5.73 Å². The molecule has 0 saturated heterocycles. The highest BCUT2D eigenvalue weighted by molar-refractivity contribution is 5.34. The molecule has 4 nitrogen and oxygen atoms in total. The predicted octanol–water partition coefficient (Wildman–Crippen LogP) is 1.47. The maximum Gasteiger partial charge on any atom is 0.0729 e. The Morgan fingerprint density at radius 3 is 2.69 bits per heavy atom. The number of hydrogen-bond donors (Lipinski definition) is 1. The zero-order valence-corrected chi connectivity index (χ0v) is 9.43. The third kappa shape index (κ3) is 2.28. The summed E-state index contributed by atoms with van der Waals surface area (Å²) < 4.78 is 1.87. The summed E-state index contributed by atoms with van der Waals surface area (Å²) in [5.74, 6) is 0. The minimum atomic E-state index is 0.694. The van der Waals surface area contributed by atoms with E-state index in [4.69, 9.17) is 5.73 Å². The van der Waals surface area contributed by atoms with Gasteiger partial charge in [0.2, 0.25) is 0 Å². The fraction of sp³-hybridized carbons (Fsp3) is 0.333. The number of benzene rings is 1. The molecule has 0 fully saturated rings. The van der Waals surface area contributed by atoms with Crippen molar-refractivity contribution >= 4 is 0 Å². The molecule has 0 saturated carbocycles. The smallest absolute Gasteiger partial charge is 0.0729 e. The van der Waals surface area contributed by atoms with Crippen LogP contribution >= 0.6 is 0 Å². The van der Waals surface area contributed by atoms with E-state index in [2.05, 4.69) is 41.5 Å². The summed E-state index contributed by atoms with van der Waals surface area (Å²) in [6.45, 7) is 2.76. The lowest BCUT2D eigenvalue weighted by molar-refractivity contribution is 0.729. The van der Waals surface area contributed by atoms with Gasteiger partial charge in [0.05, 0.1) is 17.6 Å². The van der Waals surface area contributed by atoms with Gasteiger partial charge in [0, 0.05) is 0 Å². The third-order valence-corrected chi connectivity index (χ3v) is 2.54. The van der Waals surface area contributed by atoms with Gasteiger partial charge < -0.3 is 5.73 Å². The van der Waals surface area contributed by atoms with Gasteiger partial charge in [-0.2, -0.15) is 0 Å². The van der Waals surface area contributed by atoms with Crippen LogP contribution in [0.3, 0.4) is 0 Å². The average Bonchev–Trinajstić information content (AvgIpc) is 2.75. The van der Waals surface area contributed by atoms with Gasteiger partial charge in [-0.05, 0) is 38.4 Å². The summed E-state index contributed by atoms with van der Waals surface area (Å²) in [5.41, 5.74) is 8.90. The number of nitrogens with zero attached hydrogens (tertiary/aromatic N) is 3. The Kier molecular flexibility index (Phi) is 3.31. The minimum Gasteiger partial charge on any atom is -0.330 e. The first-order chi connectivity index (χ1) is 7.81. The highest BCUT2D eigenvalue weighted by Crippen LogP contribution is 2.11. The molecule has 0 aliphatic heterocycles. The molecule has 0 radical (unpaired) electrons. The second-order valence-electron chi connectivity index (χ2n) is 3.86. The molecule has 4 heteroatoms. The first-order valence-corrected chi connectivity index (χ1v) is 5.48. The van der Waals surface area contributed by atoms with E-state index in [9.17, 15) is 0 Å². The lowest BCUT2D eigenvalue weighted by atomic mass is 10.2. The summed E-state index contributed by atoms with van der Waals surface area (Å²) in [5, 5.41) is 8.04. The van der Waals surface area contributed by atoms with E-state index < -0.39 is 0 Å². The van der Waals surface area contributed by atoms with Crippen LogP contribution in [0.2, 0.25) is 0 Å². The fourth-order valence-corrected chi connectivity index (χ4v) is 1.61. The predicted molar refractivity (Wildman–Crippen MR) is 63.5 cm³/mol. The lowest BCUT2D eigenvalue weighted by Crippen LogP contribution is -2.06. The molecule has 0 amide bonds. The fourth-order valence-electron chi connectivity index (χ4n) is 1.61. The molecule has 0 unspecified atom stereocenters. The summed E-state index contributed by atoms with van der Waals surface area (Å²) >= 11 is 0. The molecule has 84 valence electrons. The number of hydrogen-bond acceptors (Lipinski definition) is 3. The molecule has 1 heterocycles. The number of nitrogens with two attached hydrogens (primary N) is 1. The van der Waals surface area contributed by atoms with Gasteiger partial charge in [-0.15, -0.1) is 5.10 Å². The van der Waals surface area contributed by atoms with E-state index in [-0.39, 0.29) is 0 Å². The molecule has 1 aromatic carbocycles. The van der Waals surface area contributed by atoms with Crippen molar-refractivity contribution in [3.8, 4) is 5.69 Å².